The normalized spacial score (nSPS) is 11.3. The summed E-state index contributed by atoms with van der Waals surface area (Å²) in [5, 5.41) is 0.729. The van der Waals surface area contributed by atoms with E-state index in [0.29, 0.717) is 5.58 Å². The highest BCUT2D eigenvalue weighted by Gasteiger charge is 2.22. The molecular weight excluding hydrogens is 256 g/mol. The Bertz CT molecular complexity index is 732. The van der Waals surface area contributed by atoms with Gasteiger partial charge in [0.25, 0.3) is 0 Å². The summed E-state index contributed by atoms with van der Waals surface area (Å²) in [4.78, 5) is 23.9. The second-order valence-corrected chi connectivity index (χ2v) is 5.47. The summed E-state index contributed by atoms with van der Waals surface area (Å²) < 4.78 is 10.4. The minimum absolute atomic E-state index is 0.000530. The van der Waals surface area contributed by atoms with E-state index in [1.807, 2.05) is 6.07 Å². The molecule has 0 saturated carbocycles. The molecule has 4 nitrogen and oxygen atoms in total. The molecule has 0 fully saturated rings. The Morgan fingerprint density at radius 2 is 1.90 bits per heavy atom. The molecular formula is C16H16O4. The van der Waals surface area contributed by atoms with Crippen LogP contribution in [0.25, 0.3) is 16.5 Å². The minimum Gasteiger partial charge on any atom is -0.456 e. The Balaban J connectivity index is 2.42. The Hall–Kier alpha value is -2.36. The number of carbonyl (C=O) groups excluding carboxylic acids is 1. The largest absolute Gasteiger partial charge is 0.456 e. The molecule has 0 unspecified atom stereocenters. The number of ether oxygens (including phenoxy) is 1. The summed E-state index contributed by atoms with van der Waals surface area (Å²) in [5.41, 5.74) is -0.646. The van der Waals surface area contributed by atoms with E-state index in [1.54, 1.807) is 45.0 Å². The fraction of sp³-hybridized carbons (Fsp3) is 0.250. The highest BCUT2D eigenvalue weighted by Crippen LogP contribution is 2.19. The van der Waals surface area contributed by atoms with Crippen molar-refractivity contribution in [3.63, 3.8) is 0 Å². The zero-order chi connectivity index (χ0) is 14.9. The Morgan fingerprint density at radius 1 is 1.25 bits per heavy atom. The van der Waals surface area contributed by atoms with Crippen molar-refractivity contribution < 1.29 is 13.9 Å². The SMILES string of the molecule is C=C(C(=O)OC(C)(C)C)c1cc2ccccc2oc1=O. The highest BCUT2D eigenvalue weighted by molar-refractivity contribution is 6.16. The van der Waals surface area contributed by atoms with Crippen molar-refractivity contribution in [3.05, 3.63) is 52.9 Å². The van der Waals surface area contributed by atoms with Gasteiger partial charge in [-0.1, -0.05) is 24.8 Å². The van der Waals surface area contributed by atoms with Crippen LogP contribution in [0, 0.1) is 0 Å². The topological polar surface area (TPSA) is 56.5 Å². The lowest BCUT2D eigenvalue weighted by molar-refractivity contribution is -0.147. The first kappa shape index (κ1) is 14.1. The van der Waals surface area contributed by atoms with Crippen molar-refractivity contribution in [2.24, 2.45) is 0 Å². The number of esters is 1. The third-order valence-electron chi connectivity index (χ3n) is 2.61. The van der Waals surface area contributed by atoms with E-state index in [-0.39, 0.29) is 11.1 Å². The van der Waals surface area contributed by atoms with Gasteiger partial charge in [0.15, 0.2) is 0 Å². The van der Waals surface area contributed by atoms with E-state index in [9.17, 15) is 9.59 Å². The van der Waals surface area contributed by atoms with Gasteiger partial charge in [0.1, 0.15) is 11.2 Å². The third kappa shape index (κ3) is 2.96. The number of hydrogen-bond acceptors (Lipinski definition) is 4. The molecule has 0 radical (unpaired) electrons. The number of hydrogen-bond donors (Lipinski definition) is 0. The lowest BCUT2D eigenvalue weighted by Gasteiger charge is -2.20. The summed E-state index contributed by atoms with van der Waals surface area (Å²) >= 11 is 0. The summed E-state index contributed by atoms with van der Waals surface area (Å²) in [5.74, 6) is -0.625. The van der Waals surface area contributed by atoms with Crippen LogP contribution in [0.4, 0.5) is 0 Å². The maximum absolute atomic E-state index is 11.9. The molecule has 0 aliphatic carbocycles. The molecule has 0 aliphatic rings. The first-order valence-corrected chi connectivity index (χ1v) is 6.23. The van der Waals surface area contributed by atoms with E-state index in [1.165, 1.54) is 0 Å². The van der Waals surface area contributed by atoms with Crippen molar-refractivity contribution >= 4 is 22.5 Å². The Labute approximate surface area is 116 Å². The lowest BCUT2D eigenvalue weighted by Crippen LogP contribution is -2.25. The van der Waals surface area contributed by atoms with Crippen LogP contribution in [-0.4, -0.2) is 11.6 Å². The van der Waals surface area contributed by atoms with E-state index in [0.717, 1.165) is 5.39 Å². The lowest BCUT2D eigenvalue weighted by atomic mass is 10.1. The van der Waals surface area contributed by atoms with Crippen LogP contribution in [0.3, 0.4) is 0 Å². The number of fused-ring (bicyclic) bond motifs is 1. The molecule has 0 aliphatic heterocycles. The van der Waals surface area contributed by atoms with Gasteiger partial charge in [-0.05, 0) is 32.9 Å². The van der Waals surface area contributed by atoms with Crippen molar-refractivity contribution in [2.45, 2.75) is 26.4 Å². The number of rotatable bonds is 2. The smallest absolute Gasteiger partial charge is 0.344 e. The zero-order valence-corrected chi connectivity index (χ0v) is 11.7. The summed E-state index contributed by atoms with van der Waals surface area (Å²) in [6.45, 7) is 8.90. The van der Waals surface area contributed by atoms with Crippen molar-refractivity contribution in [2.75, 3.05) is 0 Å². The van der Waals surface area contributed by atoms with Crippen molar-refractivity contribution in [1.29, 1.82) is 0 Å². The van der Waals surface area contributed by atoms with Gasteiger partial charge >= 0.3 is 11.6 Å². The predicted octanol–water partition coefficient (Wildman–Crippen LogP) is 3.15. The molecule has 0 N–H and O–H groups in total. The molecule has 0 spiro atoms. The van der Waals surface area contributed by atoms with Crippen LogP contribution < -0.4 is 5.63 Å². The molecule has 0 saturated heterocycles. The molecule has 1 heterocycles. The molecule has 2 rings (SSSR count). The zero-order valence-electron chi connectivity index (χ0n) is 11.7. The van der Waals surface area contributed by atoms with Gasteiger partial charge in [0.05, 0.1) is 11.1 Å². The van der Waals surface area contributed by atoms with E-state index in [2.05, 4.69) is 6.58 Å². The van der Waals surface area contributed by atoms with E-state index in [4.69, 9.17) is 9.15 Å². The van der Waals surface area contributed by atoms with Crippen molar-refractivity contribution in [1.82, 2.24) is 0 Å². The molecule has 104 valence electrons. The summed E-state index contributed by atoms with van der Waals surface area (Å²) in [7, 11) is 0. The van der Waals surface area contributed by atoms with Crippen LogP contribution in [-0.2, 0) is 9.53 Å². The first-order valence-electron chi connectivity index (χ1n) is 6.23. The fourth-order valence-corrected chi connectivity index (χ4v) is 1.72. The number of carbonyl (C=O) groups is 1. The molecule has 0 bridgehead atoms. The highest BCUT2D eigenvalue weighted by atomic mass is 16.6. The molecule has 1 aromatic carbocycles. The molecule has 0 amide bonds. The van der Waals surface area contributed by atoms with Gasteiger partial charge in [0.2, 0.25) is 0 Å². The van der Waals surface area contributed by atoms with Gasteiger partial charge in [-0.25, -0.2) is 9.59 Å². The van der Waals surface area contributed by atoms with Crippen molar-refractivity contribution in [3.8, 4) is 0 Å². The third-order valence-corrected chi connectivity index (χ3v) is 2.61. The van der Waals surface area contributed by atoms with Gasteiger partial charge in [-0.2, -0.15) is 0 Å². The summed E-state index contributed by atoms with van der Waals surface area (Å²) in [6, 6.07) is 8.67. The van der Waals surface area contributed by atoms with Gasteiger partial charge in [-0.3, -0.25) is 0 Å². The second-order valence-electron chi connectivity index (χ2n) is 5.47. The van der Waals surface area contributed by atoms with Crippen LogP contribution in [0.1, 0.15) is 26.3 Å². The monoisotopic (exact) mass is 272 g/mol. The molecule has 4 heteroatoms. The average Bonchev–Trinajstić information content (AvgIpc) is 2.35. The van der Waals surface area contributed by atoms with E-state index < -0.39 is 17.2 Å². The minimum atomic E-state index is -0.642. The van der Waals surface area contributed by atoms with Crippen LogP contribution in [0.15, 0.2) is 46.1 Å². The Kier molecular flexibility index (Phi) is 3.49. The van der Waals surface area contributed by atoms with Crippen LogP contribution in [0.5, 0.6) is 0 Å². The quantitative estimate of drug-likeness (QED) is 0.479. The fourth-order valence-electron chi connectivity index (χ4n) is 1.72. The van der Waals surface area contributed by atoms with Gasteiger partial charge in [0, 0.05) is 5.39 Å². The maximum Gasteiger partial charge on any atom is 0.344 e. The standard InChI is InChI=1S/C16H16O4/c1-10(14(17)20-16(2,3)4)12-9-11-7-5-6-8-13(11)19-15(12)18/h5-9H,1H2,2-4H3. The Morgan fingerprint density at radius 3 is 2.55 bits per heavy atom. The van der Waals surface area contributed by atoms with Gasteiger partial charge < -0.3 is 9.15 Å². The van der Waals surface area contributed by atoms with Crippen LogP contribution in [0.2, 0.25) is 0 Å². The van der Waals surface area contributed by atoms with Crippen LogP contribution >= 0.6 is 0 Å². The predicted molar refractivity (Wildman–Crippen MR) is 77.4 cm³/mol. The van der Waals surface area contributed by atoms with Gasteiger partial charge in [-0.15, -0.1) is 0 Å². The average molecular weight is 272 g/mol. The maximum atomic E-state index is 11.9. The molecule has 2 aromatic rings. The summed E-state index contributed by atoms with van der Waals surface area (Å²) in [6.07, 6.45) is 0. The second kappa shape index (κ2) is 4.96. The molecule has 1 aromatic heterocycles. The molecule has 20 heavy (non-hydrogen) atoms. The first-order chi connectivity index (χ1) is 9.28. The molecule has 0 atom stereocenters. The van der Waals surface area contributed by atoms with E-state index >= 15 is 0 Å². The number of para-hydroxylation sites is 1. The number of benzene rings is 1.